The Labute approximate surface area is 92.7 Å². The zero-order valence-corrected chi connectivity index (χ0v) is 8.86. The molecule has 0 spiro atoms. The minimum atomic E-state index is -0.143. The second kappa shape index (κ2) is 4.10. The van der Waals surface area contributed by atoms with Crippen LogP contribution in [0, 0.1) is 0 Å². The number of nitrogens with one attached hydrogen (secondary N) is 1. The van der Waals surface area contributed by atoms with Crippen LogP contribution in [0.15, 0.2) is 41.3 Å². The first kappa shape index (κ1) is 10.3. The van der Waals surface area contributed by atoms with Gasteiger partial charge in [0.2, 0.25) is 0 Å². The van der Waals surface area contributed by atoms with E-state index < -0.39 is 0 Å². The van der Waals surface area contributed by atoms with Gasteiger partial charge in [0, 0.05) is 23.5 Å². The summed E-state index contributed by atoms with van der Waals surface area (Å²) >= 11 is 0. The highest BCUT2D eigenvalue weighted by Crippen LogP contribution is 2.24. The third-order valence-corrected chi connectivity index (χ3v) is 2.29. The second-order valence-electron chi connectivity index (χ2n) is 3.41. The number of anilines is 1. The normalized spacial score (nSPS) is 10.1. The van der Waals surface area contributed by atoms with Crippen LogP contribution in [0.25, 0.3) is 11.1 Å². The number of rotatable bonds is 2. The molecule has 0 unspecified atom stereocenters. The van der Waals surface area contributed by atoms with Gasteiger partial charge < -0.3 is 15.5 Å². The Kier molecular flexibility index (Phi) is 2.64. The molecule has 0 saturated heterocycles. The highest BCUT2D eigenvalue weighted by molar-refractivity contribution is 5.68. The van der Waals surface area contributed by atoms with Crippen molar-refractivity contribution < 1.29 is 4.74 Å². The number of hydrogen-bond donors (Lipinski definition) is 2. The molecule has 0 radical (unpaired) electrons. The number of methoxy groups -OCH3 is 1. The summed E-state index contributed by atoms with van der Waals surface area (Å²) in [5.41, 5.74) is 7.48. The van der Waals surface area contributed by atoms with Crippen LogP contribution >= 0.6 is 0 Å². The maximum absolute atomic E-state index is 11.6. The third kappa shape index (κ3) is 1.91. The van der Waals surface area contributed by atoms with Gasteiger partial charge in [-0.05, 0) is 29.8 Å². The van der Waals surface area contributed by atoms with Crippen LogP contribution < -0.4 is 16.0 Å². The molecule has 0 amide bonds. The topological polar surface area (TPSA) is 68.1 Å². The van der Waals surface area contributed by atoms with Gasteiger partial charge in [0.15, 0.2) is 0 Å². The van der Waals surface area contributed by atoms with Crippen molar-refractivity contribution in [2.24, 2.45) is 0 Å². The summed E-state index contributed by atoms with van der Waals surface area (Å²) < 4.78 is 5.10. The summed E-state index contributed by atoms with van der Waals surface area (Å²) in [4.78, 5) is 14.2. The Hall–Kier alpha value is -2.23. The van der Waals surface area contributed by atoms with Crippen molar-refractivity contribution in [3.8, 4) is 16.9 Å². The van der Waals surface area contributed by atoms with E-state index in [1.807, 2.05) is 0 Å². The van der Waals surface area contributed by atoms with E-state index in [1.165, 1.54) is 0 Å². The lowest BCUT2D eigenvalue weighted by Gasteiger charge is -2.05. The standard InChI is InChI=1S/C12H12N2O2/c1-16-10-6-8(5-9(13)7-10)11-3-2-4-14-12(11)15/h2-7H,13H2,1H3,(H,14,15). The maximum Gasteiger partial charge on any atom is 0.255 e. The number of pyridine rings is 1. The van der Waals surface area contributed by atoms with Crippen LogP contribution in [0.4, 0.5) is 5.69 Å². The summed E-state index contributed by atoms with van der Waals surface area (Å²) in [6, 6.07) is 8.74. The van der Waals surface area contributed by atoms with E-state index in [0.717, 1.165) is 5.56 Å². The van der Waals surface area contributed by atoms with Gasteiger partial charge in [0.05, 0.1) is 7.11 Å². The average molecular weight is 216 g/mol. The highest BCUT2D eigenvalue weighted by Gasteiger charge is 2.05. The lowest BCUT2D eigenvalue weighted by atomic mass is 10.1. The molecule has 0 atom stereocenters. The molecule has 0 saturated carbocycles. The number of H-pyrrole nitrogens is 1. The fraction of sp³-hybridized carbons (Fsp3) is 0.0833. The lowest BCUT2D eigenvalue weighted by Crippen LogP contribution is -2.07. The highest BCUT2D eigenvalue weighted by atomic mass is 16.5. The molecule has 0 aliphatic carbocycles. The molecule has 2 rings (SSSR count). The minimum Gasteiger partial charge on any atom is -0.497 e. The molecule has 4 heteroatoms. The number of aromatic nitrogens is 1. The molecular weight excluding hydrogens is 204 g/mol. The molecule has 2 aromatic rings. The Bertz CT molecular complexity index is 561. The van der Waals surface area contributed by atoms with E-state index in [9.17, 15) is 4.79 Å². The van der Waals surface area contributed by atoms with E-state index in [4.69, 9.17) is 10.5 Å². The number of nitrogens with two attached hydrogens (primary N) is 1. The predicted octanol–water partition coefficient (Wildman–Crippen LogP) is 1.63. The molecule has 1 heterocycles. The van der Waals surface area contributed by atoms with E-state index >= 15 is 0 Å². The number of ether oxygens (including phenoxy) is 1. The van der Waals surface area contributed by atoms with Gasteiger partial charge in [-0.3, -0.25) is 4.79 Å². The van der Waals surface area contributed by atoms with Crippen LogP contribution in [-0.2, 0) is 0 Å². The molecule has 16 heavy (non-hydrogen) atoms. The minimum absolute atomic E-state index is 0.143. The predicted molar refractivity (Wildman–Crippen MR) is 63.5 cm³/mol. The van der Waals surface area contributed by atoms with E-state index in [0.29, 0.717) is 17.0 Å². The Morgan fingerprint density at radius 3 is 2.81 bits per heavy atom. The quantitative estimate of drug-likeness (QED) is 0.750. The summed E-state index contributed by atoms with van der Waals surface area (Å²) in [5, 5.41) is 0. The van der Waals surface area contributed by atoms with Gasteiger partial charge in [-0.15, -0.1) is 0 Å². The second-order valence-corrected chi connectivity index (χ2v) is 3.41. The average Bonchev–Trinajstić information content (AvgIpc) is 2.28. The molecule has 0 aliphatic rings. The molecule has 0 fully saturated rings. The van der Waals surface area contributed by atoms with E-state index in [2.05, 4.69) is 4.98 Å². The molecule has 82 valence electrons. The van der Waals surface area contributed by atoms with E-state index in [-0.39, 0.29) is 5.56 Å². The first-order chi connectivity index (χ1) is 7.70. The summed E-state index contributed by atoms with van der Waals surface area (Å²) in [6.07, 6.45) is 1.59. The first-order valence-electron chi connectivity index (χ1n) is 4.83. The summed E-state index contributed by atoms with van der Waals surface area (Å²) in [7, 11) is 1.56. The smallest absolute Gasteiger partial charge is 0.255 e. The number of nitrogen functional groups attached to an aromatic ring is 1. The molecule has 1 aromatic heterocycles. The number of hydrogen-bond acceptors (Lipinski definition) is 3. The number of benzene rings is 1. The molecular formula is C12H12N2O2. The van der Waals surface area contributed by atoms with Crippen molar-refractivity contribution in [2.45, 2.75) is 0 Å². The van der Waals surface area contributed by atoms with Gasteiger partial charge in [0.1, 0.15) is 5.75 Å². The monoisotopic (exact) mass is 216 g/mol. The van der Waals surface area contributed by atoms with Crippen molar-refractivity contribution in [3.63, 3.8) is 0 Å². The van der Waals surface area contributed by atoms with Crippen LogP contribution in [0.1, 0.15) is 0 Å². The summed E-state index contributed by atoms with van der Waals surface area (Å²) in [5.74, 6) is 0.637. The first-order valence-corrected chi connectivity index (χ1v) is 4.83. The van der Waals surface area contributed by atoms with Crippen molar-refractivity contribution in [1.82, 2.24) is 4.98 Å². The van der Waals surface area contributed by atoms with Gasteiger partial charge in [-0.1, -0.05) is 0 Å². The van der Waals surface area contributed by atoms with Gasteiger partial charge in [-0.25, -0.2) is 0 Å². The molecule has 1 aromatic carbocycles. The van der Waals surface area contributed by atoms with Crippen LogP contribution in [0.5, 0.6) is 5.75 Å². The van der Waals surface area contributed by atoms with Crippen LogP contribution in [0.3, 0.4) is 0 Å². The third-order valence-electron chi connectivity index (χ3n) is 2.29. The summed E-state index contributed by atoms with van der Waals surface area (Å²) in [6.45, 7) is 0. The molecule has 0 aliphatic heterocycles. The van der Waals surface area contributed by atoms with Gasteiger partial charge in [0.25, 0.3) is 5.56 Å². The van der Waals surface area contributed by atoms with Crippen molar-refractivity contribution >= 4 is 5.69 Å². The van der Waals surface area contributed by atoms with Crippen LogP contribution in [0.2, 0.25) is 0 Å². The SMILES string of the molecule is COc1cc(N)cc(-c2ccc[nH]c2=O)c1. The number of aromatic amines is 1. The maximum atomic E-state index is 11.6. The fourth-order valence-electron chi connectivity index (χ4n) is 1.54. The Morgan fingerprint density at radius 2 is 2.12 bits per heavy atom. The fourth-order valence-corrected chi connectivity index (χ4v) is 1.54. The lowest BCUT2D eigenvalue weighted by molar-refractivity contribution is 0.415. The van der Waals surface area contributed by atoms with Crippen LogP contribution in [-0.4, -0.2) is 12.1 Å². The zero-order chi connectivity index (χ0) is 11.5. The largest absolute Gasteiger partial charge is 0.497 e. The zero-order valence-electron chi connectivity index (χ0n) is 8.86. The Balaban J connectivity index is 2.60. The van der Waals surface area contributed by atoms with E-state index in [1.54, 1.807) is 43.6 Å². The van der Waals surface area contributed by atoms with Crippen molar-refractivity contribution in [3.05, 3.63) is 46.9 Å². The van der Waals surface area contributed by atoms with Crippen molar-refractivity contribution in [1.29, 1.82) is 0 Å². The molecule has 0 bridgehead atoms. The molecule has 3 N–H and O–H groups in total. The Morgan fingerprint density at radius 1 is 1.31 bits per heavy atom. The van der Waals surface area contributed by atoms with Crippen molar-refractivity contribution in [2.75, 3.05) is 12.8 Å². The van der Waals surface area contributed by atoms with Gasteiger partial charge in [-0.2, -0.15) is 0 Å². The van der Waals surface area contributed by atoms with Gasteiger partial charge >= 0.3 is 0 Å². The molecule has 4 nitrogen and oxygen atoms in total.